The lowest BCUT2D eigenvalue weighted by Gasteiger charge is -2.03. The van der Waals surface area contributed by atoms with Crippen LogP contribution in [0.4, 0.5) is 0 Å². The van der Waals surface area contributed by atoms with Gasteiger partial charge in [-0.05, 0) is 48.2 Å². The van der Waals surface area contributed by atoms with Crippen LogP contribution in [0.3, 0.4) is 0 Å². The molecule has 0 aliphatic carbocycles. The van der Waals surface area contributed by atoms with Crippen LogP contribution in [0.1, 0.15) is 11.1 Å². The topological polar surface area (TPSA) is 20.2 Å². The maximum absolute atomic E-state index is 9.16. The molecule has 16 heavy (non-hydrogen) atoms. The van der Waals surface area contributed by atoms with Gasteiger partial charge in [-0.15, -0.1) is 0 Å². The highest BCUT2D eigenvalue weighted by Crippen LogP contribution is 2.15. The first-order valence-corrected chi connectivity index (χ1v) is 5.64. The van der Waals surface area contributed by atoms with Crippen molar-refractivity contribution in [1.82, 2.24) is 0 Å². The molecule has 2 aromatic carbocycles. The number of hydrogen-bond acceptors (Lipinski definition) is 1. The highest BCUT2D eigenvalue weighted by atomic mass is 35.5. The van der Waals surface area contributed by atoms with Gasteiger partial charge in [0, 0.05) is 5.02 Å². The average molecular weight is 233 g/mol. The van der Waals surface area contributed by atoms with Crippen LogP contribution in [-0.2, 0) is 12.8 Å². The largest absolute Gasteiger partial charge is 0.508 e. The molecule has 0 aliphatic rings. The van der Waals surface area contributed by atoms with E-state index in [0.29, 0.717) is 5.75 Å². The molecule has 0 bridgehead atoms. The molecule has 0 saturated carbocycles. The molecule has 2 aromatic rings. The van der Waals surface area contributed by atoms with Crippen molar-refractivity contribution in [2.45, 2.75) is 12.8 Å². The molecule has 2 rings (SSSR count). The summed E-state index contributed by atoms with van der Waals surface area (Å²) in [5.74, 6) is 0.312. The number of rotatable bonds is 3. The molecule has 0 atom stereocenters. The first-order valence-electron chi connectivity index (χ1n) is 5.26. The van der Waals surface area contributed by atoms with Crippen molar-refractivity contribution in [2.75, 3.05) is 0 Å². The first kappa shape index (κ1) is 11.0. The van der Waals surface area contributed by atoms with E-state index < -0.39 is 0 Å². The van der Waals surface area contributed by atoms with E-state index in [9.17, 15) is 0 Å². The van der Waals surface area contributed by atoms with E-state index in [1.165, 1.54) is 11.1 Å². The first-order chi connectivity index (χ1) is 7.74. The second-order valence-corrected chi connectivity index (χ2v) is 4.23. The lowest BCUT2D eigenvalue weighted by molar-refractivity contribution is 0.475. The number of aromatic hydroxyl groups is 1. The van der Waals surface area contributed by atoms with Crippen LogP contribution in [0.15, 0.2) is 48.5 Å². The summed E-state index contributed by atoms with van der Waals surface area (Å²) < 4.78 is 0. The Labute approximate surface area is 100 Å². The molecule has 0 fully saturated rings. The highest BCUT2D eigenvalue weighted by molar-refractivity contribution is 6.30. The predicted octanol–water partition coefficient (Wildman–Crippen LogP) is 3.83. The number of hydrogen-bond donors (Lipinski definition) is 1. The molecule has 0 amide bonds. The van der Waals surface area contributed by atoms with Gasteiger partial charge in [0.1, 0.15) is 5.75 Å². The molecule has 0 saturated heterocycles. The Balaban J connectivity index is 1.99. The SMILES string of the molecule is Oc1ccc(CCc2cccc(Cl)c2)cc1. The third-order valence-electron chi connectivity index (χ3n) is 2.53. The van der Waals surface area contributed by atoms with Crippen molar-refractivity contribution in [3.8, 4) is 5.75 Å². The normalized spacial score (nSPS) is 10.3. The van der Waals surface area contributed by atoms with Crippen molar-refractivity contribution < 1.29 is 5.11 Å². The Morgan fingerprint density at radius 3 is 2.25 bits per heavy atom. The minimum atomic E-state index is 0.312. The summed E-state index contributed by atoms with van der Waals surface area (Å²) in [6.07, 6.45) is 1.92. The molecule has 0 aromatic heterocycles. The molecule has 0 heterocycles. The maximum atomic E-state index is 9.16. The van der Waals surface area contributed by atoms with Crippen LogP contribution in [-0.4, -0.2) is 5.11 Å². The molecule has 1 nitrogen and oxygen atoms in total. The molecule has 2 heteroatoms. The zero-order valence-corrected chi connectivity index (χ0v) is 9.61. The van der Waals surface area contributed by atoms with Crippen LogP contribution < -0.4 is 0 Å². The summed E-state index contributed by atoms with van der Waals surface area (Å²) in [6, 6.07) is 15.2. The van der Waals surface area contributed by atoms with E-state index in [2.05, 4.69) is 6.07 Å². The summed E-state index contributed by atoms with van der Waals surface area (Å²) in [5, 5.41) is 9.94. The molecule has 0 spiro atoms. The average Bonchev–Trinajstić information content (AvgIpc) is 2.28. The zero-order chi connectivity index (χ0) is 11.4. The summed E-state index contributed by atoms with van der Waals surface area (Å²) in [7, 11) is 0. The van der Waals surface area contributed by atoms with Gasteiger partial charge in [-0.25, -0.2) is 0 Å². The van der Waals surface area contributed by atoms with E-state index in [1.54, 1.807) is 12.1 Å². The van der Waals surface area contributed by atoms with Crippen LogP contribution in [0.5, 0.6) is 5.75 Å². The van der Waals surface area contributed by atoms with Crippen molar-refractivity contribution in [3.05, 3.63) is 64.7 Å². The van der Waals surface area contributed by atoms with Gasteiger partial charge in [-0.3, -0.25) is 0 Å². The predicted molar refractivity (Wildman–Crippen MR) is 67.0 cm³/mol. The molecule has 0 unspecified atom stereocenters. The molecule has 1 N–H and O–H groups in total. The van der Waals surface area contributed by atoms with Gasteiger partial charge in [0.2, 0.25) is 0 Å². The number of phenols is 1. The minimum absolute atomic E-state index is 0.312. The summed E-state index contributed by atoms with van der Waals surface area (Å²) >= 11 is 5.91. The summed E-state index contributed by atoms with van der Waals surface area (Å²) in [5.41, 5.74) is 2.46. The smallest absolute Gasteiger partial charge is 0.115 e. The van der Waals surface area contributed by atoms with Crippen LogP contribution in [0.25, 0.3) is 0 Å². The van der Waals surface area contributed by atoms with Crippen molar-refractivity contribution in [1.29, 1.82) is 0 Å². The van der Waals surface area contributed by atoms with Crippen LogP contribution in [0.2, 0.25) is 5.02 Å². The van der Waals surface area contributed by atoms with Gasteiger partial charge >= 0.3 is 0 Å². The molecular formula is C14H13ClO. The second kappa shape index (κ2) is 5.04. The van der Waals surface area contributed by atoms with Crippen molar-refractivity contribution in [2.24, 2.45) is 0 Å². The van der Waals surface area contributed by atoms with E-state index in [1.807, 2.05) is 30.3 Å². The Morgan fingerprint density at radius 2 is 1.56 bits per heavy atom. The fraction of sp³-hybridized carbons (Fsp3) is 0.143. The lowest BCUT2D eigenvalue weighted by atomic mass is 10.0. The Hall–Kier alpha value is -1.47. The minimum Gasteiger partial charge on any atom is -0.508 e. The van der Waals surface area contributed by atoms with Gasteiger partial charge in [0.15, 0.2) is 0 Å². The number of aryl methyl sites for hydroxylation is 2. The van der Waals surface area contributed by atoms with Gasteiger partial charge in [0.05, 0.1) is 0 Å². The van der Waals surface area contributed by atoms with E-state index in [0.717, 1.165) is 17.9 Å². The Kier molecular flexibility index (Phi) is 3.47. The second-order valence-electron chi connectivity index (χ2n) is 3.80. The van der Waals surface area contributed by atoms with E-state index >= 15 is 0 Å². The van der Waals surface area contributed by atoms with Crippen molar-refractivity contribution in [3.63, 3.8) is 0 Å². The standard InChI is InChI=1S/C14H13ClO/c15-13-3-1-2-12(10-13)5-4-11-6-8-14(16)9-7-11/h1-3,6-10,16H,4-5H2. The molecular weight excluding hydrogens is 220 g/mol. The Bertz CT molecular complexity index is 462. The Morgan fingerprint density at radius 1 is 0.875 bits per heavy atom. The zero-order valence-electron chi connectivity index (χ0n) is 8.86. The van der Waals surface area contributed by atoms with Crippen LogP contribution >= 0.6 is 11.6 Å². The van der Waals surface area contributed by atoms with Crippen LogP contribution in [0, 0.1) is 0 Å². The number of halogens is 1. The molecule has 0 aliphatic heterocycles. The van der Waals surface area contributed by atoms with E-state index in [-0.39, 0.29) is 0 Å². The number of phenolic OH excluding ortho intramolecular Hbond substituents is 1. The van der Waals surface area contributed by atoms with Gasteiger partial charge in [0.25, 0.3) is 0 Å². The van der Waals surface area contributed by atoms with Gasteiger partial charge < -0.3 is 5.11 Å². The highest BCUT2D eigenvalue weighted by Gasteiger charge is 1.97. The summed E-state index contributed by atoms with van der Waals surface area (Å²) in [4.78, 5) is 0. The van der Waals surface area contributed by atoms with Crippen molar-refractivity contribution >= 4 is 11.6 Å². The summed E-state index contributed by atoms with van der Waals surface area (Å²) in [6.45, 7) is 0. The molecule has 82 valence electrons. The fourth-order valence-corrected chi connectivity index (χ4v) is 1.86. The number of benzene rings is 2. The lowest BCUT2D eigenvalue weighted by Crippen LogP contribution is -1.90. The third kappa shape index (κ3) is 3.01. The quantitative estimate of drug-likeness (QED) is 0.853. The fourth-order valence-electron chi connectivity index (χ4n) is 1.64. The van der Waals surface area contributed by atoms with E-state index in [4.69, 9.17) is 16.7 Å². The maximum Gasteiger partial charge on any atom is 0.115 e. The monoisotopic (exact) mass is 232 g/mol. The van der Waals surface area contributed by atoms with Gasteiger partial charge in [-0.2, -0.15) is 0 Å². The molecule has 0 radical (unpaired) electrons. The third-order valence-corrected chi connectivity index (χ3v) is 2.76. The van der Waals surface area contributed by atoms with Gasteiger partial charge in [-0.1, -0.05) is 35.9 Å².